The molecule has 1 aliphatic rings. The van der Waals surface area contributed by atoms with Crippen LogP contribution in [0.15, 0.2) is 79.4 Å². The minimum Gasteiger partial charge on any atom is -0.382 e. The topological polar surface area (TPSA) is 69.4 Å². The molecule has 4 rings (SSSR count). The van der Waals surface area contributed by atoms with Crippen LogP contribution in [0.25, 0.3) is 6.08 Å². The Bertz CT molecular complexity index is 1370. The van der Waals surface area contributed by atoms with E-state index in [0.717, 1.165) is 18.2 Å². The molecule has 0 radical (unpaired) electrons. The van der Waals surface area contributed by atoms with Gasteiger partial charge in [-0.1, -0.05) is 48.6 Å². The summed E-state index contributed by atoms with van der Waals surface area (Å²) in [6, 6.07) is 9.63. The van der Waals surface area contributed by atoms with Gasteiger partial charge >= 0.3 is 12.4 Å². The Morgan fingerprint density at radius 3 is 2.17 bits per heavy atom. The number of hydrogen-bond donors (Lipinski definition) is 1. The minimum absolute atomic E-state index is 0.0326. The van der Waals surface area contributed by atoms with Gasteiger partial charge in [0.2, 0.25) is 0 Å². The number of alkyl halides is 6. The van der Waals surface area contributed by atoms with E-state index in [1.54, 1.807) is 19.9 Å². The Morgan fingerprint density at radius 1 is 0.929 bits per heavy atom. The summed E-state index contributed by atoms with van der Waals surface area (Å²) in [6.07, 6.45) is -1.07. The SMILES string of the molecule is CC(C)(SC1COC(/C=C/C=C/c2ccccc2C(F)(F)F)OC1)C(O)(Cn1cncn1)c1ccc(C(F)(F)F)cc1. The third-order valence-electron chi connectivity index (χ3n) is 6.82. The molecule has 6 nitrogen and oxygen atoms in total. The summed E-state index contributed by atoms with van der Waals surface area (Å²) in [5, 5.41) is 15.8. The molecule has 1 atom stereocenters. The smallest absolute Gasteiger partial charge is 0.382 e. The van der Waals surface area contributed by atoms with Crippen molar-refractivity contribution in [3.8, 4) is 0 Å². The maximum Gasteiger partial charge on any atom is 0.416 e. The molecule has 1 unspecified atom stereocenters. The zero-order valence-electron chi connectivity index (χ0n) is 22.6. The molecule has 1 saturated heterocycles. The first-order valence-electron chi connectivity index (χ1n) is 12.8. The average molecular weight is 614 g/mol. The molecule has 0 aliphatic carbocycles. The van der Waals surface area contributed by atoms with Crippen molar-refractivity contribution < 1.29 is 40.9 Å². The van der Waals surface area contributed by atoms with Crippen molar-refractivity contribution in [2.75, 3.05) is 13.2 Å². The van der Waals surface area contributed by atoms with Crippen LogP contribution in [0.1, 0.15) is 36.1 Å². The summed E-state index contributed by atoms with van der Waals surface area (Å²) in [5.74, 6) is 0. The predicted octanol–water partition coefficient (Wildman–Crippen LogP) is 6.73. The summed E-state index contributed by atoms with van der Waals surface area (Å²) in [5.41, 5.74) is -2.91. The molecular weight excluding hydrogens is 584 g/mol. The van der Waals surface area contributed by atoms with Gasteiger partial charge in [-0.2, -0.15) is 31.4 Å². The molecule has 1 aliphatic heterocycles. The van der Waals surface area contributed by atoms with Crippen LogP contribution in [0, 0.1) is 0 Å². The molecule has 0 spiro atoms. The summed E-state index contributed by atoms with van der Waals surface area (Å²) in [4.78, 5) is 3.90. The summed E-state index contributed by atoms with van der Waals surface area (Å²) in [6.45, 7) is 3.96. The number of nitrogens with zero attached hydrogens (tertiary/aromatic N) is 3. The molecule has 1 aromatic heterocycles. The average Bonchev–Trinajstić information content (AvgIpc) is 3.44. The molecule has 2 aromatic carbocycles. The highest BCUT2D eigenvalue weighted by Crippen LogP contribution is 2.46. The highest BCUT2D eigenvalue weighted by Gasteiger charge is 2.48. The van der Waals surface area contributed by atoms with E-state index in [1.165, 1.54) is 77.7 Å². The predicted molar refractivity (Wildman–Crippen MR) is 146 cm³/mol. The lowest BCUT2D eigenvalue weighted by Gasteiger charge is -2.45. The Hall–Kier alpha value is -3.13. The zero-order chi connectivity index (χ0) is 30.6. The van der Waals surface area contributed by atoms with E-state index in [2.05, 4.69) is 10.1 Å². The van der Waals surface area contributed by atoms with Gasteiger partial charge in [0.05, 0.1) is 36.1 Å². The third kappa shape index (κ3) is 7.63. The van der Waals surface area contributed by atoms with Gasteiger partial charge in [0.15, 0.2) is 6.29 Å². The van der Waals surface area contributed by atoms with Crippen LogP contribution in [-0.2, 0) is 34.0 Å². The van der Waals surface area contributed by atoms with Crippen molar-refractivity contribution in [2.24, 2.45) is 0 Å². The summed E-state index contributed by atoms with van der Waals surface area (Å²) >= 11 is 1.36. The van der Waals surface area contributed by atoms with Crippen molar-refractivity contribution in [3.63, 3.8) is 0 Å². The number of ether oxygens (including phenoxy) is 2. The number of allylic oxidation sites excluding steroid dienone is 2. The third-order valence-corrected chi connectivity index (χ3v) is 8.35. The summed E-state index contributed by atoms with van der Waals surface area (Å²) in [7, 11) is 0. The lowest BCUT2D eigenvalue weighted by atomic mass is 9.82. The second kappa shape index (κ2) is 12.6. The molecule has 0 saturated carbocycles. The molecule has 2 heterocycles. The van der Waals surface area contributed by atoms with Gasteiger partial charge in [-0.05, 0) is 49.2 Å². The first-order chi connectivity index (χ1) is 19.7. The lowest BCUT2D eigenvalue weighted by Crippen LogP contribution is -2.50. The van der Waals surface area contributed by atoms with Gasteiger partial charge in [0, 0.05) is 4.75 Å². The summed E-state index contributed by atoms with van der Waals surface area (Å²) < 4.78 is 91.0. The Kier molecular flexibility index (Phi) is 9.55. The molecule has 226 valence electrons. The fraction of sp³-hybridized carbons (Fsp3) is 0.379. The van der Waals surface area contributed by atoms with E-state index in [9.17, 15) is 31.4 Å². The maximum atomic E-state index is 13.2. The van der Waals surface area contributed by atoms with Crippen LogP contribution in [0.2, 0.25) is 0 Å². The van der Waals surface area contributed by atoms with Gasteiger partial charge in [-0.25, -0.2) is 9.67 Å². The van der Waals surface area contributed by atoms with Gasteiger partial charge in [0.25, 0.3) is 0 Å². The second-order valence-corrected chi connectivity index (χ2v) is 12.1. The minimum atomic E-state index is -4.52. The fourth-order valence-electron chi connectivity index (χ4n) is 4.52. The van der Waals surface area contributed by atoms with Crippen molar-refractivity contribution in [3.05, 3.63) is 102 Å². The van der Waals surface area contributed by atoms with Crippen molar-refractivity contribution in [1.82, 2.24) is 14.8 Å². The number of aromatic nitrogens is 3. The van der Waals surface area contributed by atoms with Gasteiger partial charge < -0.3 is 14.6 Å². The van der Waals surface area contributed by atoms with E-state index in [4.69, 9.17) is 9.47 Å². The van der Waals surface area contributed by atoms with E-state index >= 15 is 0 Å². The van der Waals surface area contributed by atoms with Crippen LogP contribution < -0.4 is 0 Å². The Morgan fingerprint density at radius 2 is 1.57 bits per heavy atom. The van der Waals surface area contributed by atoms with Crippen LogP contribution in [0.5, 0.6) is 0 Å². The first kappa shape index (κ1) is 31.8. The standard InChI is InChI=1S/C29H29F6N3O3S/c1-26(2,27(39,17-38-19-36-18-37-38)21-11-13-22(14-12-21)28(30,31)32)42-23-15-40-25(41-16-23)10-6-4-8-20-7-3-5-9-24(20)29(33,34)35/h3-14,18-19,23,25,39H,15-17H2,1-2H3/b8-4+,10-6+. The van der Waals surface area contributed by atoms with Crippen LogP contribution in [0.3, 0.4) is 0 Å². The van der Waals surface area contributed by atoms with Crippen molar-refractivity contribution in [2.45, 2.75) is 54.6 Å². The van der Waals surface area contributed by atoms with Crippen molar-refractivity contribution >= 4 is 17.8 Å². The highest BCUT2D eigenvalue weighted by atomic mass is 32.2. The lowest BCUT2D eigenvalue weighted by molar-refractivity contribution is -0.146. The van der Waals surface area contributed by atoms with Gasteiger partial charge in [0.1, 0.15) is 18.3 Å². The molecule has 3 aromatic rings. The zero-order valence-corrected chi connectivity index (χ0v) is 23.5. The number of halogens is 6. The van der Waals surface area contributed by atoms with E-state index in [0.29, 0.717) is 0 Å². The number of aliphatic hydroxyl groups is 1. The van der Waals surface area contributed by atoms with E-state index in [-0.39, 0.29) is 36.1 Å². The van der Waals surface area contributed by atoms with Crippen LogP contribution in [0.4, 0.5) is 26.3 Å². The monoisotopic (exact) mass is 613 g/mol. The highest BCUT2D eigenvalue weighted by molar-refractivity contribution is 8.01. The number of hydrogen-bond acceptors (Lipinski definition) is 6. The molecule has 1 N–H and O–H groups in total. The quantitative estimate of drug-likeness (QED) is 0.213. The molecule has 42 heavy (non-hydrogen) atoms. The first-order valence-corrected chi connectivity index (χ1v) is 13.7. The maximum absolute atomic E-state index is 13.2. The fourth-order valence-corrected chi connectivity index (χ4v) is 6.03. The molecule has 0 amide bonds. The van der Waals surface area contributed by atoms with Crippen LogP contribution >= 0.6 is 11.8 Å². The molecule has 0 bridgehead atoms. The molecule has 1 fully saturated rings. The van der Waals surface area contributed by atoms with Gasteiger partial charge in [-0.15, -0.1) is 11.8 Å². The molecule has 13 heteroatoms. The number of thioether (sulfide) groups is 1. The van der Waals surface area contributed by atoms with Gasteiger partial charge in [-0.3, -0.25) is 0 Å². The Balaban J connectivity index is 1.41. The second-order valence-electron chi connectivity index (χ2n) is 10.1. The largest absolute Gasteiger partial charge is 0.416 e. The van der Waals surface area contributed by atoms with E-state index < -0.39 is 40.1 Å². The van der Waals surface area contributed by atoms with E-state index in [1.807, 2.05) is 0 Å². The number of benzene rings is 2. The Labute approximate surface area is 243 Å². The molecular formula is C29H29F6N3O3S. The van der Waals surface area contributed by atoms with Crippen LogP contribution in [-0.4, -0.2) is 49.4 Å². The normalized spacial score (nSPS) is 20.3. The number of rotatable bonds is 9. The van der Waals surface area contributed by atoms with Crippen molar-refractivity contribution in [1.29, 1.82) is 0 Å².